The molecule has 0 radical (unpaired) electrons. The summed E-state index contributed by atoms with van der Waals surface area (Å²) in [6.07, 6.45) is 32.1. The van der Waals surface area contributed by atoms with Crippen molar-refractivity contribution in [3.8, 4) is 0 Å². The Hall–Kier alpha value is -3.98. The molecule has 12 atom stereocenters. The van der Waals surface area contributed by atoms with Crippen molar-refractivity contribution in [2.45, 2.75) is 287 Å². The smallest absolute Gasteiger partial charge is 0.394 e. The Morgan fingerprint density at radius 2 is 0.685 bits per heavy atom. The summed E-state index contributed by atoms with van der Waals surface area (Å²) in [5.41, 5.74) is 15.1. The van der Waals surface area contributed by atoms with Gasteiger partial charge in [0.1, 0.15) is 48.7 Å². The molecule has 0 aliphatic carbocycles. The molecule has 2 unspecified atom stereocenters. The third-order valence-electron chi connectivity index (χ3n) is 16.2. The SMILES string of the molecule is CC(=O)N[C@H]1[C@@H](OP(=O)(O)OP(=O)(O)OC/C=C(/C)CC/C=C(/C)CC/C=C(/C)CC/C=C(/C)CC/C=C(/C)CC/C=C(/C)CC/C=C(/C)CC/C=C(/C)CC/C=C(\C)CC/C=C(\C)CCC=C(C)C)O[C@H](CO[C@H]2O[C@H](CO)[C@H](O)[C@H](O)[C@H]2NC(C)=O)[C@H](O)[C@@H]1O. The summed E-state index contributed by atoms with van der Waals surface area (Å²) in [6.45, 7) is 26.4. The fourth-order valence-corrected chi connectivity index (χ4v) is 12.5. The summed E-state index contributed by atoms with van der Waals surface area (Å²) in [5.74, 6) is -1.44. The average molecular weight is 1330 g/mol. The van der Waals surface area contributed by atoms with Crippen molar-refractivity contribution < 1.29 is 81.6 Å². The molecule has 2 amide bonds. The minimum atomic E-state index is -5.63. The van der Waals surface area contributed by atoms with Crippen molar-refractivity contribution in [1.82, 2.24) is 10.6 Å². The number of carbonyl (C=O) groups is 2. The van der Waals surface area contributed by atoms with E-state index in [4.69, 9.17) is 23.3 Å². The molecule has 2 fully saturated rings. The highest BCUT2D eigenvalue weighted by Gasteiger charge is 2.51. The molecule has 0 aromatic carbocycles. The number of phosphoric acid groups is 2. The number of phosphoric ester groups is 2. The lowest BCUT2D eigenvalue weighted by molar-refractivity contribution is -0.295. The Kier molecular flexibility index (Phi) is 41.6. The first-order chi connectivity index (χ1) is 43.3. The van der Waals surface area contributed by atoms with Gasteiger partial charge < -0.3 is 60.2 Å². The maximum absolute atomic E-state index is 13.1. The van der Waals surface area contributed by atoms with E-state index < -0.39 is 109 Å². The molecule has 9 N–H and O–H groups in total. The molecule has 19 nitrogen and oxygen atoms in total. The van der Waals surface area contributed by atoms with Crippen LogP contribution in [0.4, 0.5) is 0 Å². The van der Waals surface area contributed by atoms with E-state index in [9.17, 15) is 54.0 Å². The van der Waals surface area contributed by atoms with Gasteiger partial charge in [-0.25, -0.2) is 9.13 Å². The van der Waals surface area contributed by atoms with Crippen molar-refractivity contribution in [3.05, 3.63) is 128 Å². The molecule has 0 aromatic heterocycles. The third-order valence-corrected chi connectivity index (χ3v) is 18.8. The zero-order chi connectivity index (χ0) is 69.0. The number of carbonyl (C=O) groups excluding carboxylic acids is 2. The predicted octanol–water partition coefficient (Wildman–Crippen LogP) is 14.4. The van der Waals surface area contributed by atoms with Crippen LogP contribution in [0, 0.1) is 0 Å². The summed E-state index contributed by atoms with van der Waals surface area (Å²) in [7, 11) is -10.9. The Balaban J connectivity index is 1.71. The largest absolute Gasteiger partial charge is 0.483 e. The number of allylic oxidation sites excluding steroid dienone is 21. The molecule has 21 heteroatoms. The highest BCUT2D eigenvalue weighted by Crippen LogP contribution is 2.61. The van der Waals surface area contributed by atoms with E-state index in [1.165, 1.54) is 61.8 Å². The van der Waals surface area contributed by atoms with E-state index in [0.29, 0.717) is 12.8 Å². The Bertz CT molecular complexity index is 2710. The van der Waals surface area contributed by atoms with E-state index >= 15 is 0 Å². The van der Waals surface area contributed by atoms with Gasteiger partial charge in [-0.2, -0.15) is 4.31 Å². The Labute approximate surface area is 551 Å². The zero-order valence-electron chi connectivity index (χ0n) is 58.0. The molecule has 2 rings (SSSR count). The van der Waals surface area contributed by atoms with Crippen LogP contribution in [-0.4, -0.2) is 128 Å². The van der Waals surface area contributed by atoms with Gasteiger partial charge in [-0.15, -0.1) is 0 Å². The lowest BCUT2D eigenvalue weighted by Gasteiger charge is -2.44. The Morgan fingerprint density at radius 3 is 0.989 bits per heavy atom. The summed E-state index contributed by atoms with van der Waals surface area (Å²) in [4.78, 5) is 44.8. The van der Waals surface area contributed by atoms with E-state index in [2.05, 4.69) is 152 Å². The first-order valence-electron chi connectivity index (χ1n) is 33.0. The number of aliphatic hydroxyl groups excluding tert-OH is 5. The minimum Gasteiger partial charge on any atom is -0.394 e. The summed E-state index contributed by atoms with van der Waals surface area (Å²) >= 11 is 0. The van der Waals surface area contributed by atoms with E-state index in [1.807, 2.05) is 0 Å². The average Bonchev–Trinajstić information content (AvgIpc) is 0.817. The molecular weight excluding hydrogens is 1210 g/mol. The minimum absolute atomic E-state index is 0.478. The number of hydrogen-bond donors (Lipinski definition) is 9. The van der Waals surface area contributed by atoms with Crippen LogP contribution in [0.25, 0.3) is 0 Å². The maximum Gasteiger partial charge on any atom is 0.483 e. The summed E-state index contributed by atoms with van der Waals surface area (Å²) in [5, 5.41) is 57.0. The highest BCUT2D eigenvalue weighted by molar-refractivity contribution is 7.61. The van der Waals surface area contributed by atoms with Crippen LogP contribution in [0.15, 0.2) is 128 Å². The zero-order valence-corrected chi connectivity index (χ0v) is 59.8. The van der Waals surface area contributed by atoms with Crippen molar-refractivity contribution in [1.29, 1.82) is 0 Å². The van der Waals surface area contributed by atoms with Gasteiger partial charge in [0.2, 0.25) is 11.8 Å². The van der Waals surface area contributed by atoms with Gasteiger partial charge in [0.25, 0.3) is 0 Å². The summed E-state index contributed by atoms with van der Waals surface area (Å²) in [6, 6.07) is -3.13. The van der Waals surface area contributed by atoms with Gasteiger partial charge in [-0.3, -0.25) is 18.6 Å². The lowest BCUT2D eigenvalue weighted by Crippen LogP contribution is -2.66. The van der Waals surface area contributed by atoms with Crippen LogP contribution in [0.5, 0.6) is 0 Å². The van der Waals surface area contributed by atoms with Crippen molar-refractivity contribution in [2.24, 2.45) is 0 Å². The standard InChI is InChI=1S/C71H118N2O17P2/c1-49(2)25-15-26-50(3)27-16-28-51(4)29-17-30-52(5)31-18-32-53(6)33-19-34-54(7)35-20-36-55(8)37-21-38-56(9)39-22-40-57(10)41-23-42-58(11)43-24-44-59(12)45-46-86-91(81,82)90-92(83,84)89-71-65(73-61(14)76)69(80)67(78)63(88-71)48-85-70-64(72-60(13)75)68(79)66(77)62(47-74)87-70/h25,27,29,31,33,35,37,39,41,43,45,62-71,74,77-80H,15-24,26,28,30,32,34,36,38,40,42,44,46-48H2,1-14H3,(H,72,75)(H,73,76)(H,81,82)(H,83,84)/b50-27+,51-29+,52-31-,53-33-,54-35-,55-37-,56-39-,57-41-,58-43-,59-45-/t62-,63-,64-,65-,66+,67+,68-,69-,70+,71-/m1/s1. The van der Waals surface area contributed by atoms with Crippen molar-refractivity contribution in [2.75, 3.05) is 19.8 Å². The second kappa shape index (κ2) is 45.5. The van der Waals surface area contributed by atoms with Crippen LogP contribution in [0.2, 0.25) is 0 Å². The normalized spacial score (nSPS) is 25.1. The molecule has 0 saturated carbocycles. The number of rotatable bonds is 43. The van der Waals surface area contributed by atoms with Crippen LogP contribution in [0.3, 0.4) is 0 Å². The second-order valence-electron chi connectivity index (χ2n) is 25.6. The van der Waals surface area contributed by atoms with Gasteiger partial charge in [-0.05, 0) is 212 Å². The topological polar surface area (TPSA) is 289 Å². The molecule has 2 aliphatic rings. The maximum atomic E-state index is 13.1. The van der Waals surface area contributed by atoms with Crippen LogP contribution >= 0.6 is 15.6 Å². The van der Waals surface area contributed by atoms with E-state index in [0.717, 1.165) is 135 Å². The van der Waals surface area contributed by atoms with Gasteiger partial charge in [-0.1, -0.05) is 128 Å². The highest BCUT2D eigenvalue weighted by atomic mass is 31.3. The lowest BCUT2D eigenvalue weighted by atomic mass is 9.96. The first-order valence-corrected chi connectivity index (χ1v) is 36.0. The van der Waals surface area contributed by atoms with E-state index in [1.54, 1.807) is 6.92 Å². The number of aliphatic hydroxyl groups is 5. The molecule has 92 heavy (non-hydrogen) atoms. The van der Waals surface area contributed by atoms with Gasteiger partial charge in [0.15, 0.2) is 12.6 Å². The quantitative estimate of drug-likeness (QED) is 0.0203. The number of ether oxygens (including phenoxy) is 3. The van der Waals surface area contributed by atoms with Crippen molar-refractivity contribution in [3.63, 3.8) is 0 Å². The summed E-state index contributed by atoms with van der Waals surface area (Å²) < 4.78 is 57.2. The number of nitrogens with one attached hydrogen (secondary N) is 2. The van der Waals surface area contributed by atoms with Crippen LogP contribution in [-0.2, 0) is 46.3 Å². The predicted molar refractivity (Wildman–Crippen MR) is 367 cm³/mol. The fourth-order valence-electron chi connectivity index (χ4n) is 10.5. The fraction of sp³-hybridized carbons (Fsp3) is 0.662. The molecule has 0 aromatic rings. The van der Waals surface area contributed by atoms with Gasteiger partial charge in [0.05, 0.1) is 19.8 Å². The van der Waals surface area contributed by atoms with Gasteiger partial charge >= 0.3 is 15.6 Å². The molecule has 524 valence electrons. The molecule has 2 aliphatic heterocycles. The van der Waals surface area contributed by atoms with Crippen LogP contribution < -0.4 is 10.6 Å². The van der Waals surface area contributed by atoms with Gasteiger partial charge in [0, 0.05) is 13.8 Å². The third kappa shape index (κ3) is 37.4. The van der Waals surface area contributed by atoms with Crippen LogP contribution in [0.1, 0.15) is 225 Å². The Morgan fingerprint density at radius 1 is 0.402 bits per heavy atom. The number of amides is 2. The van der Waals surface area contributed by atoms with Crippen molar-refractivity contribution >= 4 is 27.5 Å². The van der Waals surface area contributed by atoms with E-state index in [-0.39, 0.29) is 0 Å². The molecule has 0 bridgehead atoms. The molecule has 2 saturated heterocycles. The number of hydrogen-bond acceptors (Lipinski definition) is 15. The first kappa shape index (κ1) is 84.1. The second-order valence-corrected chi connectivity index (χ2v) is 28.6. The monoisotopic (exact) mass is 1330 g/mol. The molecule has 0 spiro atoms. The molecule has 2 heterocycles. The molecular formula is C71H118N2O17P2.